The lowest BCUT2D eigenvalue weighted by atomic mass is 10.0. The second kappa shape index (κ2) is 8.74. The molecule has 1 aliphatic heterocycles. The first-order chi connectivity index (χ1) is 13.8. The molecule has 0 saturated heterocycles. The first-order valence-corrected chi connectivity index (χ1v) is 9.84. The van der Waals surface area contributed by atoms with Gasteiger partial charge in [0, 0.05) is 18.2 Å². The van der Waals surface area contributed by atoms with Crippen LogP contribution in [0.5, 0.6) is 11.5 Å². The van der Waals surface area contributed by atoms with Crippen molar-refractivity contribution in [1.82, 2.24) is 4.90 Å². The van der Waals surface area contributed by atoms with Gasteiger partial charge in [-0.05, 0) is 30.0 Å². The van der Waals surface area contributed by atoms with Gasteiger partial charge in [0.2, 0.25) is 5.91 Å². The van der Waals surface area contributed by atoms with Crippen molar-refractivity contribution in [2.24, 2.45) is 5.92 Å². The maximum atomic E-state index is 13.2. The standard InChI is InChI=1S/C22H25ClN2O4/c1-13(2)9-18(25-12-14-7-5-6-8-15(14)22(25)27)21(26)24-17-10-16(23)19(28-3)11-20(17)29-4/h5-8,10-11,13,18H,9,12H2,1-4H3,(H,24,26)/t18-/m0/s1. The minimum Gasteiger partial charge on any atom is -0.495 e. The zero-order chi connectivity index (χ0) is 21.1. The van der Waals surface area contributed by atoms with Gasteiger partial charge in [0.25, 0.3) is 5.91 Å². The van der Waals surface area contributed by atoms with Crippen molar-refractivity contribution in [2.45, 2.75) is 32.9 Å². The summed E-state index contributed by atoms with van der Waals surface area (Å²) in [4.78, 5) is 27.8. The lowest BCUT2D eigenvalue weighted by Crippen LogP contribution is -2.45. The van der Waals surface area contributed by atoms with Crippen molar-refractivity contribution < 1.29 is 19.1 Å². The minimum absolute atomic E-state index is 0.124. The molecule has 6 nitrogen and oxygen atoms in total. The van der Waals surface area contributed by atoms with Crippen LogP contribution in [0, 0.1) is 5.92 Å². The van der Waals surface area contributed by atoms with Crippen LogP contribution in [0.1, 0.15) is 36.2 Å². The smallest absolute Gasteiger partial charge is 0.255 e. The number of fused-ring (bicyclic) bond motifs is 1. The Balaban J connectivity index is 1.88. The van der Waals surface area contributed by atoms with Crippen LogP contribution in [0.3, 0.4) is 0 Å². The Morgan fingerprint density at radius 1 is 1.17 bits per heavy atom. The molecule has 2 aromatic carbocycles. The molecule has 0 unspecified atom stereocenters. The fourth-order valence-electron chi connectivity index (χ4n) is 3.52. The third kappa shape index (κ3) is 4.32. The summed E-state index contributed by atoms with van der Waals surface area (Å²) >= 11 is 6.22. The van der Waals surface area contributed by atoms with Gasteiger partial charge in [-0.2, -0.15) is 0 Å². The number of hydrogen-bond acceptors (Lipinski definition) is 4. The Hall–Kier alpha value is -2.73. The monoisotopic (exact) mass is 416 g/mol. The number of hydrogen-bond donors (Lipinski definition) is 1. The molecule has 1 N–H and O–H groups in total. The van der Waals surface area contributed by atoms with Crippen LogP contribution in [-0.2, 0) is 11.3 Å². The van der Waals surface area contributed by atoms with Crippen LogP contribution in [0.2, 0.25) is 5.02 Å². The summed E-state index contributed by atoms with van der Waals surface area (Å²) in [5.41, 5.74) is 2.02. The van der Waals surface area contributed by atoms with Gasteiger partial charge in [-0.15, -0.1) is 0 Å². The van der Waals surface area contributed by atoms with Crippen molar-refractivity contribution in [2.75, 3.05) is 19.5 Å². The van der Waals surface area contributed by atoms with Gasteiger partial charge >= 0.3 is 0 Å². The minimum atomic E-state index is -0.611. The number of carbonyl (C=O) groups excluding carboxylic acids is 2. The number of rotatable bonds is 7. The normalized spacial score (nSPS) is 14.0. The van der Waals surface area contributed by atoms with Gasteiger partial charge in [-0.25, -0.2) is 0 Å². The molecule has 0 aliphatic carbocycles. The van der Waals surface area contributed by atoms with E-state index >= 15 is 0 Å². The summed E-state index contributed by atoms with van der Waals surface area (Å²) in [6, 6.07) is 10.0. The number of anilines is 1. The van der Waals surface area contributed by atoms with E-state index in [0.29, 0.717) is 40.7 Å². The third-order valence-corrected chi connectivity index (χ3v) is 5.25. The first kappa shape index (κ1) is 21.0. The molecule has 0 saturated carbocycles. The predicted molar refractivity (Wildman–Crippen MR) is 113 cm³/mol. The molecule has 0 aromatic heterocycles. The highest BCUT2D eigenvalue weighted by Crippen LogP contribution is 2.36. The molecule has 3 rings (SSSR count). The molecule has 1 heterocycles. The number of benzene rings is 2. The third-order valence-electron chi connectivity index (χ3n) is 4.95. The van der Waals surface area contributed by atoms with Crippen LogP contribution in [0.15, 0.2) is 36.4 Å². The van der Waals surface area contributed by atoms with E-state index in [1.165, 1.54) is 14.2 Å². The van der Waals surface area contributed by atoms with E-state index in [9.17, 15) is 9.59 Å². The molecule has 0 bridgehead atoms. The van der Waals surface area contributed by atoms with Crippen molar-refractivity contribution in [3.05, 3.63) is 52.5 Å². The molecule has 154 valence electrons. The van der Waals surface area contributed by atoms with E-state index in [4.69, 9.17) is 21.1 Å². The zero-order valence-electron chi connectivity index (χ0n) is 17.0. The lowest BCUT2D eigenvalue weighted by molar-refractivity contribution is -0.121. The Bertz CT molecular complexity index is 929. The van der Waals surface area contributed by atoms with E-state index in [0.717, 1.165) is 5.56 Å². The van der Waals surface area contributed by atoms with Crippen LogP contribution in [-0.4, -0.2) is 37.0 Å². The molecule has 0 fully saturated rings. The van der Waals surface area contributed by atoms with Crippen molar-refractivity contribution in [3.63, 3.8) is 0 Å². The second-order valence-corrected chi connectivity index (χ2v) is 7.82. The van der Waals surface area contributed by atoms with E-state index in [1.807, 2.05) is 32.0 Å². The average Bonchev–Trinajstić information content (AvgIpc) is 3.03. The van der Waals surface area contributed by atoms with Crippen LogP contribution in [0.4, 0.5) is 5.69 Å². The van der Waals surface area contributed by atoms with Crippen molar-refractivity contribution in [3.8, 4) is 11.5 Å². The SMILES string of the molecule is COc1cc(OC)c(NC(=O)[C@H](CC(C)C)N2Cc3ccccc3C2=O)cc1Cl. The first-order valence-electron chi connectivity index (χ1n) is 9.47. The maximum Gasteiger partial charge on any atom is 0.255 e. The van der Waals surface area contributed by atoms with Gasteiger partial charge in [-0.3, -0.25) is 9.59 Å². The Morgan fingerprint density at radius 2 is 1.86 bits per heavy atom. The summed E-state index contributed by atoms with van der Waals surface area (Å²) in [7, 11) is 3.01. The fourth-order valence-corrected chi connectivity index (χ4v) is 3.77. The number of nitrogens with zero attached hydrogens (tertiary/aromatic N) is 1. The van der Waals surface area contributed by atoms with Gasteiger partial charge in [0.1, 0.15) is 17.5 Å². The summed E-state index contributed by atoms with van der Waals surface area (Å²) < 4.78 is 10.6. The molecule has 1 atom stereocenters. The Morgan fingerprint density at radius 3 is 2.48 bits per heavy atom. The fraction of sp³-hybridized carbons (Fsp3) is 0.364. The Labute approximate surface area is 175 Å². The Kier molecular flexibility index (Phi) is 6.33. The molecular weight excluding hydrogens is 392 g/mol. The highest BCUT2D eigenvalue weighted by atomic mass is 35.5. The zero-order valence-corrected chi connectivity index (χ0v) is 17.7. The quantitative estimate of drug-likeness (QED) is 0.727. The highest BCUT2D eigenvalue weighted by Gasteiger charge is 2.36. The largest absolute Gasteiger partial charge is 0.495 e. The van der Waals surface area contributed by atoms with E-state index in [1.54, 1.807) is 23.1 Å². The number of methoxy groups -OCH3 is 2. The number of ether oxygens (including phenoxy) is 2. The van der Waals surface area contributed by atoms with Crippen LogP contribution < -0.4 is 14.8 Å². The predicted octanol–water partition coefficient (Wildman–Crippen LogP) is 4.37. The van der Waals surface area contributed by atoms with Gasteiger partial charge in [0.15, 0.2) is 0 Å². The number of nitrogens with one attached hydrogen (secondary N) is 1. The van der Waals surface area contributed by atoms with Crippen LogP contribution in [0.25, 0.3) is 0 Å². The van der Waals surface area contributed by atoms with E-state index < -0.39 is 6.04 Å². The number of amides is 2. The van der Waals surface area contributed by atoms with Crippen molar-refractivity contribution >= 4 is 29.1 Å². The molecule has 29 heavy (non-hydrogen) atoms. The molecular formula is C22H25ClN2O4. The van der Waals surface area contributed by atoms with E-state index in [2.05, 4.69) is 5.32 Å². The summed E-state index contributed by atoms with van der Waals surface area (Å²) in [6.45, 7) is 4.47. The topological polar surface area (TPSA) is 67.9 Å². The summed E-state index contributed by atoms with van der Waals surface area (Å²) in [6.07, 6.45) is 0.539. The lowest BCUT2D eigenvalue weighted by Gasteiger charge is -2.28. The van der Waals surface area contributed by atoms with Crippen molar-refractivity contribution in [1.29, 1.82) is 0 Å². The molecule has 2 aromatic rings. The van der Waals surface area contributed by atoms with Crippen LogP contribution >= 0.6 is 11.6 Å². The van der Waals surface area contributed by atoms with E-state index in [-0.39, 0.29) is 17.7 Å². The molecule has 0 radical (unpaired) electrons. The molecule has 0 spiro atoms. The van der Waals surface area contributed by atoms with Gasteiger partial charge in [0.05, 0.1) is 24.9 Å². The van der Waals surface area contributed by atoms with Gasteiger partial charge < -0.3 is 19.7 Å². The second-order valence-electron chi connectivity index (χ2n) is 7.41. The summed E-state index contributed by atoms with van der Waals surface area (Å²) in [5.74, 6) is 0.702. The molecule has 2 amide bonds. The summed E-state index contributed by atoms with van der Waals surface area (Å²) in [5, 5.41) is 3.24. The average molecular weight is 417 g/mol. The molecule has 7 heteroatoms. The number of carbonyl (C=O) groups is 2. The maximum absolute atomic E-state index is 13.2. The highest BCUT2D eigenvalue weighted by molar-refractivity contribution is 6.32. The van der Waals surface area contributed by atoms with Gasteiger partial charge in [-0.1, -0.05) is 43.6 Å². The number of halogens is 1. The molecule has 1 aliphatic rings.